The minimum absolute atomic E-state index is 0.102. The van der Waals surface area contributed by atoms with E-state index in [0.29, 0.717) is 6.54 Å². The van der Waals surface area contributed by atoms with Crippen LogP contribution in [-0.4, -0.2) is 37.5 Å². The van der Waals surface area contributed by atoms with Crippen molar-refractivity contribution < 1.29 is 13.2 Å². The van der Waals surface area contributed by atoms with E-state index in [9.17, 15) is 13.2 Å². The number of hydrogen-bond acceptors (Lipinski definition) is 4. The zero-order valence-corrected chi connectivity index (χ0v) is 18.9. The highest BCUT2D eigenvalue weighted by molar-refractivity contribution is 7.90. The molecule has 1 aliphatic rings. The first-order valence-electron chi connectivity index (χ1n) is 10.7. The fourth-order valence-corrected chi connectivity index (χ4v) is 5.37. The van der Waals surface area contributed by atoms with Crippen molar-refractivity contribution in [3.63, 3.8) is 0 Å². The summed E-state index contributed by atoms with van der Waals surface area (Å²) in [7, 11) is -1.41. The van der Waals surface area contributed by atoms with E-state index in [2.05, 4.69) is 11.1 Å². The quantitative estimate of drug-likeness (QED) is 0.591. The van der Waals surface area contributed by atoms with E-state index in [-0.39, 0.29) is 10.8 Å². The van der Waals surface area contributed by atoms with Crippen LogP contribution in [0.4, 0.5) is 0 Å². The third-order valence-electron chi connectivity index (χ3n) is 6.39. The average molecular weight is 437 g/mol. The van der Waals surface area contributed by atoms with Gasteiger partial charge in [0, 0.05) is 31.4 Å². The molecule has 5 nitrogen and oxygen atoms in total. The van der Waals surface area contributed by atoms with Gasteiger partial charge in [-0.25, -0.2) is 8.42 Å². The number of likely N-dealkylation sites (N-methyl/N-ethyl adjacent to an activating group) is 1. The van der Waals surface area contributed by atoms with Crippen LogP contribution in [-0.2, 0) is 26.6 Å². The molecule has 0 unspecified atom stereocenters. The lowest BCUT2D eigenvalue weighted by Crippen LogP contribution is -2.46. The molecule has 1 saturated carbocycles. The highest BCUT2D eigenvalue weighted by atomic mass is 32.2. The van der Waals surface area contributed by atoms with Gasteiger partial charge in [-0.15, -0.1) is 0 Å². The van der Waals surface area contributed by atoms with Crippen molar-refractivity contribution in [2.75, 3.05) is 13.3 Å². The lowest BCUT2D eigenvalue weighted by atomic mass is 9.68. The monoisotopic (exact) mass is 436 g/mol. The fraction of sp³-hybridized carbons (Fsp3) is 0.360. The fourth-order valence-electron chi connectivity index (χ4n) is 4.74. The van der Waals surface area contributed by atoms with Crippen LogP contribution in [0, 0.1) is 0 Å². The molecule has 0 N–H and O–H groups in total. The predicted octanol–water partition coefficient (Wildman–Crippen LogP) is 4.50. The van der Waals surface area contributed by atoms with Gasteiger partial charge >= 0.3 is 0 Å². The highest BCUT2D eigenvalue weighted by Gasteiger charge is 2.42. The van der Waals surface area contributed by atoms with Gasteiger partial charge in [-0.05, 0) is 54.3 Å². The van der Waals surface area contributed by atoms with Crippen LogP contribution in [0.1, 0.15) is 43.2 Å². The highest BCUT2D eigenvalue weighted by Crippen LogP contribution is 2.41. The number of benzene rings is 2. The Morgan fingerprint density at radius 1 is 1.03 bits per heavy atom. The summed E-state index contributed by atoms with van der Waals surface area (Å²) in [5.41, 5.74) is 2.32. The Labute approximate surface area is 184 Å². The molecule has 1 fully saturated rings. The minimum atomic E-state index is -3.27. The van der Waals surface area contributed by atoms with Crippen LogP contribution < -0.4 is 0 Å². The Bertz CT molecular complexity index is 1200. The molecule has 0 radical (unpaired) electrons. The summed E-state index contributed by atoms with van der Waals surface area (Å²) in [6.07, 6.45) is 7.67. The van der Waals surface area contributed by atoms with E-state index in [1.54, 1.807) is 18.3 Å². The number of carbonyl (C=O) groups is 1. The van der Waals surface area contributed by atoms with Gasteiger partial charge in [-0.3, -0.25) is 9.78 Å². The normalized spacial score (nSPS) is 16.2. The molecule has 1 heterocycles. The summed E-state index contributed by atoms with van der Waals surface area (Å²) in [5.74, 6) is 0.102. The van der Waals surface area contributed by atoms with Gasteiger partial charge < -0.3 is 4.90 Å². The lowest BCUT2D eigenvalue weighted by molar-refractivity contribution is -0.138. The van der Waals surface area contributed by atoms with E-state index in [1.165, 1.54) is 6.26 Å². The van der Waals surface area contributed by atoms with E-state index in [4.69, 9.17) is 0 Å². The Kier molecular flexibility index (Phi) is 5.84. The van der Waals surface area contributed by atoms with Crippen molar-refractivity contribution in [1.29, 1.82) is 0 Å². The first-order valence-corrected chi connectivity index (χ1v) is 12.6. The van der Waals surface area contributed by atoms with Crippen LogP contribution in [0.5, 0.6) is 0 Å². The maximum absolute atomic E-state index is 13.8. The standard InChI is InChI=1S/C25H28N2O3S/c1-27(18-19-8-13-23-20(17-19)7-6-16-26-23)24(28)25(14-4-3-5-15-25)21-9-11-22(12-10-21)31(2,29)30/h6-13,16-17H,3-5,14-15,18H2,1-2H3. The molecule has 4 rings (SSSR count). The third-order valence-corrected chi connectivity index (χ3v) is 7.51. The molecule has 3 aromatic rings. The Morgan fingerprint density at radius 3 is 2.42 bits per heavy atom. The molecule has 31 heavy (non-hydrogen) atoms. The molecular weight excluding hydrogens is 408 g/mol. The predicted molar refractivity (Wildman–Crippen MR) is 123 cm³/mol. The van der Waals surface area contributed by atoms with Gasteiger partial charge in [-0.2, -0.15) is 0 Å². The van der Waals surface area contributed by atoms with E-state index in [0.717, 1.165) is 54.1 Å². The third kappa shape index (κ3) is 4.35. The van der Waals surface area contributed by atoms with Crippen LogP contribution in [0.15, 0.2) is 65.7 Å². The zero-order valence-electron chi connectivity index (χ0n) is 18.0. The van der Waals surface area contributed by atoms with Crippen molar-refractivity contribution in [3.8, 4) is 0 Å². The SMILES string of the molecule is CN(Cc1ccc2ncccc2c1)C(=O)C1(c2ccc(S(C)(=O)=O)cc2)CCCCC1. The number of carbonyl (C=O) groups excluding carboxylic acids is 1. The number of aromatic nitrogens is 1. The number of fused-ring (bicyclic) bond motifs is 1. The van der Waals surface area contributed by atoms with Gasteiger partial charge in [0.25, 0.3) is 0 Å². The molecule has 1 amide bonds. The molecule has 0 saturated heterocycles. The molecular formula is C25H28N2O3S. The van der Waals surface area contributed by atoms with Gasteiger partial charge in [0.1, 0.15) is 0 Å². The molecule has 1 aromatic heterocycles. The van der Waals surface area contributed by atoms with Crippen LogP contribution in [0.3, 0.4) is 0 Å². The van der Waals surface area contributed by atoms with Crippen molar-refractivity contribution >= 4 is 26.6 Å². The topological polar surface area (TPSA) is 67.3 Å². The molecule has 0 spiro atoms. The van der Waals surface area contributed by atoms with Crippen molar-refractivity contribution in [2.24, 2.45) is 0 Å². The maximum atomic E-state index is 13.8. The van der Waals surface area contributed by atoms with Crippen molar-refractivity contribution in [1.82, 2.24) is 9.88 Å². The van der Waals surface area contributed by atoms with E-state index in [1.807, 2.05) is 48.3 Å². The second kappa shape index (κ2) is 8.42. The van der Waals surface area contributed by atoms with Crippen LogP contribution in [0.25, 0.3) is 10.9 Å². The minimum Gasteiger partial charge on any atom is -0.341 e. The van der Waals surface area contributed by atoms with E-state index >= 15 is 0 Å². The number of nitrogens with zero attached hydrogens (tertiary/aromatic N) is 2. The number of rotatable bonds is 5. The van der Waals surface area contributed by atoms with E-state index < -0.39 is 15.3 Å². The molecule has 0 bridgehead atoms. The average Bonchev–Trinajstić information content (AvgIpc) is 2.78. The molecule has 0 atom stereocenters. The van der Waals surface area contributed by atoms with Gasteiger partial charge in [0.05, 0.1) is 15.8 Å². The summed E-state index contributed by atoms with van der Waals surface area (Å²) < 4.78 is 23.7. The summed E-state index contributed by atoms with van der Waals surface area (Å²) in [6.45, 7) is 0.521. The number of pyridine rings is 1. The maximum Gasteiger partial charge on any atom is 0.233 e. The molecule has 162 valence electrons. The summed E-state index contributed by atoms with van der Waals surface area (Å²) in [4.78, 5) is 20.2. The first kappa shape index (κ1) is 21.5. The van der Waals surface area contributed by atoms with Gasteiger partial charge in [-0.1, -0.05) is 43.5 Å². The van der Waals surface area contributed by atoms with Gasteiger partial charge in [0.2, 0.25) is 5.91 Å². The summed E-state index contributed by atoms with van der Waals surface area (Å²) >= 11 is 0. The molecule has 1 aliphatic carbocycles. The smallest absolute Gasteiger partial charge is 0.233 e. The number of hydrogen-bond donors (Lipinski definition) is 0. The zero-order chi connectivity index (χ0) is 22.1. The second-order valence-electron chi connectivity index (χ2n) is 8.63. The van der Waals surface area contributed by atoms with Crippen molar-refractivity contribution in [2.45, 2.75) is 49.0 Å². The number of amides is 1. The Hall–Kier alpha value is -2.73. The Balaban J connectivity index is 1.62. The second-order valence-corrected chi connectivity index (χ2v) is 10.6. The van der Waals surface area contributed by atoms with Gasteiger partial charge in [0.15, 0.2) is 9.84 Å². The largest absolute Gasteiger partial charge is 0.341 e. The molecule has 2 aromatic carbocycles. The van der Waals surface area contributed by atoms with Crippen molar-refractivity contribution in [3.05, 3.63) is 71.9 Å². The molecule has 0 aliphatic heterocycles. The molecule has 6 heteroatoms. The lowest BCUT2D eigenvalue weighted by Gasteiger charge is -2.39. The number of sulfone groups is 1. The van der Waals surface area contributed by atoms with Crippen LogP contribution in [0.2, 0.25) is 0 Å². The first-order chi connectivity index (χ1) is 14.8. The van der Waals surface area contributed by atoms with Crippen LogP contribution >= 0.6 is 0 Å². The Morgan fingerprint density at radius 2 is 1.74 bits per heavy atom. The summed E-state index contributed by atoms with van der Waals surface area (Å²) in [6, 6.07) is 17.0. The summed E-state index contributed by atoms with van der Waals surface area (Å²) in [5, 5.41) is 1.06.